The Balaban J connectivity index is 2.20. The molecule has 2 rings (SSSR count). The van der Waals surface area contributed by atoms with E-state index in [2.05, 4.69) is 4.98 Å². The fourth-order valence-electron chi connectivity index (χ4n) is 2.28. The van der Waals surface area contributed by atoms with E-state index < -0.39 is 0 Å². The summed E-state index contributed by atoms with van der Waals surface area (Å²) in [6.45, 7) is 6.62. The van der Waals surface area contributed by atoms with Crippen molar-refractivity contribution in [2.75, 3.05) is 0 Å². The van der Waals surface area contributed by atoms with Gasteiger partial charge >= 0.3 is 0 Å². The van der Waals surface area contributed by atoms with Crippen LogP contribution in [-0.4, -0.2) is 26.4 Å². The van der Waals surface area contributed by atoms with Gasteiger partial charge in [0, 0.05) is 35.4 Å². The molecule has 2 aromatic rings. The van der Waals surface area contributed by atoms with Crippen molar-refractivity contribution >= 4 is 29.1 Å². The number of rotatable bonds is 5. The maximum atomic E-state index is 11.7. The topological polar surface area (TPSA) is 38.1 Å². The Morgan fingerprint density at radius 3 is 2.68 bits per heavy atom. The van der Waals surface area contributed by atoms with Gasteiger partial charge in [0.1, 0.15) is 5.82 Å². The van der Waals surface area contributed by atoms with Gasteiger partial charge in [0.05, 0.1) is 13.1 Å². The monoisotopic (exact) mass is 339 g/mol. The molecule has 0 fully saturated rings. The number of hydrogen-bond acceptors (Lipinski definition) is 2. The SMILES string of the molecule is CC(=O)N(Cc1nccn1Cc1ccc(Cl)cc1Cl)C(C)C. The lowest BCUT2D eigenvalue weighted by Gasteiger charge is -2.25. The predicted octanol–water partition coefficient (Wildman–Crippen LogP) is 4.00. The molecule has 0 N–H and O–H groups in total. The van der Waals surface area contributed by atoms with E-state index in [1.165, 1.54) is 0 Å². The lowest BCUT2D eigenvalue weighted by Crippen LogP contribution is -2.35. The number of carbonyl (C=O) groups excluding carboxylic acids is 1. The second-order valence-electron chi connectivity index (χ2n) is 5.45. The van der Waals surface area contributed by atoms with Crippen molar-refractivity contribution in [2.24, 2.45) is 0 Å². The molecule has 0 aliphatic carbocycles. The van der Waals surface area contributed by atoms with Crippen molar-refractivity contribution in [1.29, 1.82) is 0 Å². The summed E-state index contributed by atoms with van der Waals surface area (Å²) in [5, 5.41) is 1.24. The Morgan fingerprint density at radius 2 is 2.09 bits per heavy atom. The van der Waals surface area contributed by atoms with Crippen LogP contribution in [0.15, 0.2) is 30.6 Å². The Labute approximate surface area is 140 Å². The number of halogens is 2. The van der Waals surface area contributed by atoms with Gasteiger partial charge < -0.3 is 9.47 Å². The summed E-state index contributed by atoms with van der Waals surface area (Å²) in [7, 11) is 0. The fourth-order valence-corrected chi connectivity index (χ4v) is 2.75. The van der Waals surface area contributed by atoms with E-state index in [-0.39, 0.29) is 11.9 Å². The van der Waals surface area contributed by atoms with E-state index in [0.717, 1.165) is 11.4 Å². The number of aromatic nitrogens is 2. The number of nitrogens with zero attached hydrogens (tertiary/aromatic N) is 3. The van der Waals surface area contributed by atoms with Crippen LogP contribution in [0.5, 0.6) is 0 Å². The number of benzene rings is 1. The molecule has 0 bridgehead atoms. The highest BCUT2D eigenvalue weighted by atomic mass is 35.5. The first-order valence-corrected chi connectivity index (χ1v) is 7.85. The average molecular weight is 340 g/mol. The van der Waals surface area contributed by atoms with E-state index in [4.69, 9.17) is 23.2 Å². The van der Waals surface area contributed by atoms with Crippen molar-refractivity contribution in [3.05, 3.63) is 52.0 Å². The van der Waals surface area contributed by atoms with Gasteiger partial charge in [-0.15, -0.1) is 0 Å². The summed E-state index contributed by atoms with van der Waals surface area (Å²) < 4.78 is 1.99. The molecule has 0 saturated carbocycles. The van der Waals surface area contributed by atoms with Crippen LogP contribution in [0.3, 0.4) is 0 Å². The number of amides is 1. The zero-order chi connectivity index (χ0) is 16.3. The third-order valence-corrected chi connectivity index (χ3v) is 4.08. The molecule has 1 heterocycles. The summed E-state index contributed by atoms with van der Waals surface area (Å²) in [6, 6.07) is 5.57. The van der Waals surface area contributed by atoms with Gasteiger partial charge in [-0.2, -0.15) is 0 Å². The summed E-state index contributed by atoms with van der Waals surface area (Å²) in [6.07, 6.45) is 3.62. The normalized spacial score (nSPS) is 11.0. The molecular formula is C16H19Cl2N3O. The molecule has 0 atom stereocenters. The third-order valence-electron chi connectivity index (χ3n) is 3.50. The largest absolute Gasteiger partial charge is 0.333 e. The smallest absolute Gasteiger partial charge is 0.220 e. The zero-order valence-electron chi connectivity index (χ0n) is 12.9. The van der Waals surface area contributed by atoms with Gasteiger partial charge in [-0.3, -0.25) is 4.79 Å². The molecule has 118 valence electrons. The first-order chi connectivity index (χ1) is 10.4. The summed E-state index contributed by atoms with van der Waals surface area (Å²) in [5.74, 6) is 0.865. The highest BCUT2D eigenvalue weighted by molar-refractivity contribution is 6.35. The van der Waals surface area contributed by atoms with Crippen molar-refractivity contribution in [2.45, 2.75) is 39.9 Å². The van der Waals surface area contributed by atoms with Crippen molar-refractivity contribution in [3.63, 3.8) is 0 Å². The first-order valence-electron chi connectivity index (χ1n) is 7.09. The molecule has 0 saturated heterocycles. The van der Waals surface area contributed by atoms with E-state index >= 15 is 0 Å². The first kappa shape index (κ1) is 16.8. The van der Waals surface area contributed by atoms with Crippen LogP contribution in [0.4, 0.5) is 0 Å². The molecule has 0 spiro atoms. The molecule has 22 heavy (non-hydrogen) atoms. The maximum absolute atomic E-state index is 11.7. The standard InChI is InChI=1S/C16H19Cl2N3O/c1-11(2)21(12(3)22)10-16-19-6-7-20(16)9-13-4-5-14(17)8-15(13)18/h4-8,11H,9-10H2,1-3H3. The van der Waals surface area contributed by atoms with Crippen LogP contribution in [0, 0.1) is 0 Å². The average Bonchev–Trinajstić information content (AvgIpc) is 2.85. The van der Waals surface area contributed by atoms with Crippen LogP contribution in [0.25, 0.3) is 0 Å². The molecule has 1 aromatic carbocycles. The van der Waals surface area contributed by atoms with Crippen molar-refractivity contribution < 1.29 is 4.79 Å². The molecule has 4 nitrogen and oxygen atoms in total. The molecule has 1 amide bonds. The summed E-state index contributed by atoms with van der Waals surface area (Å²) in [4.78, 5) is 17.9. The second-order valence-corrected chi connectivity index (χ2v) is 6.29. The molecule has 0 unspecified atom stereocenters. The van der Waals surface area contributed by atoms with Gasteiger partial charge in [-0.05, 0) is 31.5 Å². The highest BCUT2D eigenvalue weighted by Gasteiger charge is 2.16. The van der Waals surface area contributed by atoms with E-state index in [1.54, 1.807) is 24.1 Å². The molecule has 0 radical (unpaired) electrons. The van der Waals surface area contributed by atoms with Crippen LogP contribution in [0.2, 0.25) is 10.0 Å². The van der Waals surface area contributed by atoms with Crippen LogP contribution in [0.1, 0.15) is 32.2 Å². The van der Waals surface area contributed by atoms with Crippen LogP contribution >= 0.6 is 23.2 Å². The van der Waals surface area contributed by atoms with E-state index in [9.17, 15) is 4.79 Å². The summed E-state index contributed by atoms with van der Waals surface area (Å²) in [5.41, 5.74) is 0.962. The van der Waals surface area contributed by atoms with Crippen LogP contribution < -0.4 is 0 Å². The highest BCUT2D eigenvalue weighted by Crippen LogP contribution is 2.22. The Bertz CT molecular complexity index is 667. The van der Waals surface area contributed by atoms with Crippen LogP contribution in [-0.2, 0) is 17.9 Å². The minimum Gasteiger partial charge on any atom is -0.333 e. The fraction of sp³-hybridized carbons (Fsp3) is 0.375. The Morgan fingerprint density at radius 1 is 1.36 bits per heavy atom. The predicted molar refractivity (Wildman–Crippen MR) is 89.2 cm³/mol. The maximum Gasteiger partial charge on any atom is 0.220 e. The zero-order valence-corrected chi connectivity index (χ0v) is 14.4. The Kier molecular flexibility index (Phi) is 5.48. The third kappa shape index (κ3) is 4.02. The Hall–Kier alpha value is -1.52. The number of carbonyl (C=O) groups is 1. The van der Waals surface area contributed by atoms with E-state index in [0.29, 0.717) is 23.1 Å². The lowest BCUT2D eigenvalue weighted by atomic mass is 10.2. The van der Waals surface area contributed by atoms with Gasteiger partial charge in [-0.25, -0.2) is 4.98 Å². The number of imidazole rings is 1. The lowest BCUT2D eigenvalue weighted by molar-refractivity contribution is -0.131. The molecule has 1 aromatic heterocycles. The van der Waals surface area contributed by atoms with Gasteiger partial charge in [0.25, 0.3) is 0 Å². The van der Waals surface area contributed by atoms with Gasteiger partial charge in [0.15, 0.2) is 0 Å². The molecule has 0 aliphatic rings. The van der Waals surface area contributed by atoms with E-state index in [1.807, 2.05) is 36.7 Å². The number of hydrogen-bond donors (Lipinski definition) is 0. The second kappa shape index (κ2) is 7.16. The van der Waals surface area contributed by atoms with Gasteiger partial charge in [0.2, 0.25) is 5.91 Å². The van der Waals surface area contributed by atoms with Crippen molar-refractivity contribution in [1.82, 2.24) is 14.5 Å². The summed E-state index contributed by atoms with van der Waals surface area (Å²) >= 11 is 12.1. The minimum absolute atomic E-state index is 0.0362. The molecule has 0 aliphatic heterocycles. The molecular weight excluding hydrogens is 321 g/mol. The van der Waals surface area contributed by atoms with Gasteiger partial charge in [-0.1, -0.05) is 29.3 Å². The molecule has 6 heteroatoms. The minimum atomic E-state index is 0.0362. The van der Waals surface area contributed by atoms with Crippen molar-refractivity contribution in [3.8, 4) is 0 Å². The quantitative estimate of drug-likeness (QED) is 0.825.